The molecule has 1 aliphatic rings. The molecule has 2 rings (SSSR count). The Morgan fingerprint density at radius 3 is 2.55 bits per heavy atom. The SMILES string of the molecule is Cc1ccc(N2CCNC(C(C)(C)C)C2)cc1N(C)C. The zero-order chi connectivity index (χ0) is 14.9. The number of nitrogens with zero attached hydrogens (tertiary/aromatic N) is 2. The molecule has 1 aliphatic heterocycles. The van der Waals surface area contributed by atoms with Gasteiger partial charge in [0.25, 0.3) is 0 Å². The van der Waals surface area contributed by atoms with Gasteiger partial charge in [-0.25, -0.2) is 0 Å². The van der Waals surface area contributed by atoms with Gasteiger partial charge in [0.15, 0.2) is 0 Å². The van der Waals surface area contributed by atoms with Crippen molar-refractivity contribution < 1.29 is 0 Å². The summed E-state index contributed by atoms with van der Waals surface area (Å²) in [5.74, 6) is 0. The Labute approximate surface area is 124 Å². The zero-order valence-corrected chi connectivity index (χ0v) is 13.8. The van der Waals surface area contributed by atoms with Gasteiger partial charge in [-0.05, 0) is 30.0 Å². The molecule has 3 heteroatoms. The molecule has 1 aromatic carbocycles. The van der Waals surface area contributed by atoms with Gasteiger partial charge in [-0.2, -0.15) is 0 Å². The van der Waals surface area contributed by atoms with E-state index in [9.17, 15) is 0 Å². The van der Waals surface area contributed by atoms with E-state index in [4.69, 9.17) is 0 Å². The molecule has 1 N–H and O–H groups in total. The summed E-state index contributed by atoms with van der Waals surface area (Å²) in [5.41, 5.74) is 4.29. The molecule has 1 heterocycles. The Morgan fingerprint density at radius 1 is 1.25 bits per heavy atom. The first-order valence-corrected chi connectivity index (χ1v) is 7.55. The van der Waals surface area contributed by atoms with Crippen molar-refractivity contribution in [2.24, 2.45) is 5.41 Å². The Bertz CT molecular complexity index is 460. The van der Waals surface area contributed by atoms with Crippen LogP contribution in [-0.2, 0) is 0 Å². The van der Waals surface area contributed by atoms with Crippen molar-refractivity contribution in [3.05, 3.63) is 23.8 Å². The van der Waals surface area contributed by atoms with Crippen LogP contribution in [0.5, 0.6) is 0 Å². The summed E-state index contributed by atoms with van der Waals surface area (Å²) in [7, 11) is 4.23. The van der Waals surface area contributed by atoms with E-state index in [1.165, 1.54) is 16.9 Å². The smallest absolute Gasteiger partial charge is 0.0411 e. The van der Waals surface area contributed by atoms with E-state index < -0.39 is 0 Å². The maximum Gasteiger partial charge on any atom is 0.0411 e. The number of anilines is 2. The molecule has 20 heavy (non-hydrogen) atoms. The minimum Gasteiger partial charge on any atom is -0.377 e. The Balaban J connectivity index is 2.21. The van der Waals surface area contributed by atoms with Gasteiger partial charge in [0.2, 0.25) is 0 Å². The Hall–Kier alpha value is -1.22. The summed E-state index contributed by atoms with van der Waals surface area (Å²) in [5, 5.41) is 3.66. The van der Waals surface area contributed by atoms with Crippen LogP contribution in [0.15, 0.2) is 18.2 Å². The fourth-order valence-corrected chi connectivity index (χ4v) is 2.84. The van der Waals surface area contributed by atoms with Gasteiger partial charge in [-0.1, -0.05) is 26.8 Å². The standard InChI is InChI=1S/C17H29N3/c1-13-7-8-14(11-15(13)19(5)6)20-10-9-18-16(12-20)17(2,3)4/h7-8,11,16,18H,9-10,12H2,1-6H3. The third-order valence-corrected chi connectivity index (χ3v) is 4.26. The highest BCUT2D eigenvalue weighted by Gasteiger charge is 2.29. The van der Waals surface area contributed by atoms with Gasteiger partial charge in [0.1, 0.15) is 0 Å². The van der Waals surface area contributed by atoms with E-state index in [-0.39, 0.29) is 0 Å². The van der Waals surface area contributed by atoms with E-state index in [0.29, 0.717) is 11.5 Å². The maximum atomic E-state index is 3.66. The van der Waals surface area contributed by atoms with Crippen LogP contribution in [0.2, 0.25) is 0 Å². The molecule has 3 nitrogen and oxygen atoms in total. The van der Waals surface area contributed by atoms with Crippen molar-refractivity contribution in [1.29, 1.82) is 0 Å². The predicted octanol–water partition coefficient (Wildman–Crippen LogP) is 2.89. The van der Waals surface area contributed by atoms with Crippen LogP contribution >= 0.6 is 0 Å². The molecule has 0 radical (unpaired) electrons. The van der Waals surface area contributed by atoms with Gasteiger partial charge < -0.3 is 15.1 Å². The molecule has 0 amide bonds. The molecule has 112 valence electrons. The number of aryl methyl sites for hydroxylation is 1. The highest BCUT2D eigenvalue weighted by atomic mass is 15.2. The van der Waals surface area contributed by atoms with Crippen molar-refractivity contribution in [3.63, 3.8) is 0 Å². The largest absolute Gasteiger partial charge is 0.377 e. The molecule has 1 atom stereocenters. The normalized spacial score (nSPS) is 20.1. The lowest BCUT2D eigenvalue weighted by atomic mass is 9.85. The summed E-state index contributed by atoms with van der Waals surface area (Å²) in [6.07, 6.45) is 0. The lowest BCUT2D eigenvalue weighted by Gasteiger charge is -2.41. The summed E-state index contributed by atoms with van der Waals surface area (Å²) < 4.78 is 0. The second kappa shape index (κ2) is 5.65. The molecule has 0 aliphatic carbocycles. The summed E-state index contributed by atoms with van der Waals surface area (Å²) >= 11 is 0. The fraction of sp³-hybridized carbons (Fsp3) is 0.647. The minimum atomic E-state index is 0.299. The van der Waals surface area contributed by atoms with Crippen molar-refractivity contribution in [2.45, 2.75) is 33.7 Å². The molecule has 1 unspecified atom stereocenters. The monoisotopic (exact) mass is 275 g/mol. The van der Waals surface area contributed by atoms with Crippen LogP contribution in [0.25, 0.3) is 0 Å². The number of benzene rings is 1. The van der Waals surface area contributed by atoms with Crippen LogP contribution in [0.1, 0.15) is 26.3 Å². The molecular formula is C17H29N3. The van der Waals surface area contributed by atoms with Crippen LogP contribution in [0, 0.1) is 12.3 Å². The lowest BCUT2D eigenvalue weighted by molar-refractivity contribution is 0.254. The number of piperazine rings is 1. The molecular weight excluding hydrogens is 246 g/mol. The van der Waals surface area contributed by atoms with E-state index in [1.54, 1.807) is 0 Å². The first-order chi connectivity index (χ1) is 9.29. The molecule has 1 saturated heterocycles. The molecule has 1 fully saturated rings. The number of nitrogens with one attached hydrogen (secondary N) is 1. The number of hydrogen-bond donors (Lipinski definition) is 1. The molecule has 0 saturated carbocycles. The minimum absolute atomic E-state index is 0.299. The Kier molecular flexibility index (Phi) is 4.28. The molecule has 1 aromatic rings. The zero-order valence-electron chi connectivity index (χ0n) is 13.8. The first-order valence-electron chi connectivity index (χ1n) is 7.55. The van der Waals surface area contributed by atoms with Crippen molar-refractivity contribution in [2.75, 3.05) is 43.5 Å². The average Bonchev–Trinajstić information content (AvgIpc) is 2.38. The number of rotatable bonds is 2. The summed E-state index contributed by atoms with van der Waals surface area (Å²) in [4.78, 5) is 4.71. The quantitative estimate of drug-likeness (QED) is 0.895. The third kappa shape index (κ3) is 3.26. The summed E-state index contributed by atoms with van der Waals surface area (Å²) in [6.45, 7) is 12.3. The molecule has 0 bridgehead atoms. The first kappa shape index (κ1) is 15.2. The predicted molar refractivity (Wildman–Crippen MR) is 89.0 cm³/mol. The fourth-order valence-electron chi connectivity index (χ4n) is 2.84. The van der Waals surface area contributed by atoms with E-state index >= 15 is 0 Å². The van der Waals surface area contributed by atoms with Crippen molar-refractivity contribution in [3.8, 4) is 0 Å². The highest BCUT2D eigenvalue weighted by molar-refractivity contribution is 5.63. The van der Waals surface area contributed by atoms with Crippen LogP contribution in [-0.4, -0.2) is 39.8 Å². The third-order valence-electron chi connectivity index (χ3n) is 4.26. The van der Waals surface area contributed by atoms with Crippen LogP contribution in [0.3, 0.4) is 0 Å². The highest BCUT2D eigenvalue weighted by Crippen LogP contribution is 2.28. The maximum absolute atomic E-state index is 3.66. The topological polar surface area (TPSA) is 18.5 Å². The van der Waals surface area contributed by atoms with Gasteiger partial charge in [0, 0.05) is 51.1 Å². The van der Waals surface area contributed by atoms with Gasteiger partial charge in [-0.3, -0.25) is 0 Å². The van der Waals surface area contributed by atoms with Crippen LogP contribution < -0.4 is 15.1 Å². The van der Waals surface area contributed by atoms with Crippen molar-refractivity contribution >= 4 is 11.4 Å². The average molecular weight is 275 g/mol. The number of hydrogen-bond acceptors (Lipinski definition) is 3. The van der Waals surface area contributed by atoms with E-state index in [1.807, 2.05) is 0 Å². The van der Waals surface area contributed by atoms with E-state index in [2.05, 4.69) is 75.1 Å². The second-order valence-electron chi connectivity index (χ2n) is 7.18. The van der Waals surface area contributed by atoms with Crippen molar-refractivity contribution in [1.82, 2.24) is 5.32 Å². The molecule has 0 aromatic heterocycles. The molecule has 0 spiro atoms. The van der Waals surface area contributed by atoms with Gasteiger partial charge >= 0.3 is 0 Å². The van der Waals surface area contributed by atoms with Crippen LogP contribution in [0.4, 0.5) is 11.4 Å². The van der Waals surface area contributed by atoms with Gasteiger partial charge in [0.05, 0.1) is 0 Å². The lowest BCUT2D eigenvalue weighted by Crippen LogP contribution is -2.56. The van der Waals surface area contributed by atoms with Gasteiger partial charge in [-0.15, -0.1) is 0 Å². The van der Waals surface area contributed by atoms with E-state index in [0.717, 1.165) is 19.6 Å². The second-order valence-corrected chi connectivity index (χ2v) is 7.18. The summed E-state index contributed by atoms with van der Waals surface area (Å²) in [6, 6.07) is 7.35. The Morgan fingerprint density at radius 2 is 1.95 bits per heavy atom.